The van der Waals surface area contributed by atoms with Crippen molar-refractivity contribution < 1.29 is 4.79 Å². The van der Waals surface area contributed by atoms with E-state index in [0.717, 1.165) is 31.7 Å². The van der Waals surface area contributed by atoms with Crippen LogP contribution >= 0.6 is 23.2 Å². The number of para-hydroxylation sites is 1. The van der Waals surface area contributed by atoms with Crippen LogP contribution in [0.5, 0.6) is 0 Å². The number of nitrogens with one attached hydrogen (secondary N) is 1. The van der Waals surface area contributed by atoms with E-state index in [9.17, 15) is 4.79 Å². The minimum Gasteiger partial charge on any atom is -0.369 e. The maximum Gasteiger partial charge on any atom is 0.234 e. The first-order valence-electron chi connectivity index (χ1n) is 8.79. The molecule has 4 nitrogen and oxygen atoms in total. The van der Waals surface area contributed by atoms with Crippen LogP contribution in [0.15, 0.2) is 48.5 Å². The molecule has 6 heteroatoms. The summed E-state index contributed by atoms with van der Waals surface area (Å²) in [6.07, 6.45) is 0. The Morgan fingerprint density at radius 1 is 1.04 bits per heavy atom. The van der Waals surface area contributed by atoms with Gasteiger partial charge < -0.3 is 10.2 Å². The molecule has 0 aromatic heterocycles. The lowest BCUT2D eigenvalue weighted by molar-refractivity contribution is -0.123. The quantitative estimate of drug-likeness (QED) is 0.836. The predicted molar refractivity (Wildman–Crippen MR) is 108 cm³/mol. The van der Waals surface area contributed by atoms with Crippen molar-refractivity contribution in [2.75, 3.05) is 37.6 Å². The number of halogens is 2. The first-order chi connectivity index (χ1) is 12.5. The first kappa shape index (κ1) is 19.0. The SMILES string of the molecule is C[C@H](NC(=O)CN1CCN(c2ccccc2)CC1)c1ccc(Cl)c(Cl)c1. The molecule has 1 aliphatic heterocycles. The van der Waals surface area contributed by atoms with E-state index in [2.05, 4.69) is 39.4 Å². The van der Waals surface area contributed by atoms with Crippen LogP contribution in [0.25, 0.3) is 0 Å². The fourth-order valence-corrected chi connectivity index (χ4v) is 3.46. The number of hydrogen-bond acceptors (Lipinski definition) is 3. The molecular formula is C20H23Cl2N3O. The standard InChI is InChI=1S/C20H23Cl2N3O/c1-15(16-7-8-18(21)19(22)13-16)23-20(26)14-24-9-11-25(12-10-24)17-5-3-2-4-6-17/h2-8,13,15H,9-12,14H2,1H3,(H,23,26)/t15-/m0/s1. The molecule has 0 aliphatic carbocycles. The predicted octanol–water partition coefficient (Wildman–Crippen LogP) is 3.99. The molecule has 0 unspecified atom stereocenters. The van der Waals surface area contributed by atoms with E-state index in [1.165, 1.54) is 5.69 Å². The Bertz CT molecular complexity index is 746. The second kappa shape index (κ2) is 8.76. The highest BCUT2D eigenvalue weighted by molar-refractivity contribution is 6.42. The summed E-state index contributed by atoms with van der Waals surface area (Å²) in [6, 6.07) is 15.7. The van der Waals surface area contributed by atoms with Gasteiger partial charge in [-0.3, -0.25) is 9.69 Å². The lowest BCUT2D eigenvalue weighted by Gasteiger charge is -2.35. The van der Waals surface area contributed by atoms with Gasteiger partial charge in [0.25, 0.3) is 0 Å². The number of carbonyl (C=O) groups excluding carboxylic acids is 1. The van der Waals surface area contributed by atoms with Crippen molar-refractivity contribution in [1.82, 2.24) is 10.2 Å². The van der Waals surface area contributed by atoms with Crippen LogP contribution in [-0.2, 0) is 4.79 Å². The van der Waals surface area contributed by atoms with Crippen molar-refractivity contribution in [2.45, 2.75) is 13.0 Å². The first-order valence-corrected chi connectivity index (χ1v) is 9.55. The fourth-order valence-electron chi connectivity index (χ4n) is 3.16. The van der Waals surface area contributed by atoms with Gasteiger partial charge >= 0.3 is 0 Å². The molecule has 138 valence electrons. The molecule has 0 radical (unpaired) electrons. The lowest BCUT2D eigenvalue weighted by Crippen LogP contribution is -2.49. The largest absolute Gasteiger partial charge is 0.369 e. The zero-order chi connectivity index (χ0) is 18.5. The Morgan fingerprint density at radius 3 is 2.38 bits per heavy atom. The number of benzene rings is 2. The summed E-state index contributed by atoms with van der Waals surface area (Å²) in [5.74, 6) is 0.0248. The summed E-state index contributed by atoms with van der Waals surface area (Å²) in [5, 5.41) is 4.06. The minimum atomic E-state index is -0.108. The van der Waals surface area contributed by atoms with Crippen molar-refractivity contribution in [1.29, 1.82) is 0 Å². The van der Waals surface area contributed by atoms with Crippen LogP contribution in [0, 0.1) is 0 Å². The third-order valence-corrected chi connectivity index (χ3v) is 5.42. The van der Waals surface area contributed by atoms with Gasteiger partial charge in [-0.05, 0) is 36.8 Å². The van der Waals surface area contributed by atoms with Crippen LogP contribution in [-0.4, -0.2) is 43.5 Å². The Kier molecular flexibility index (Phi) is 6.41. The van der Waals surface area contributed by atoms with E-state index in [1.807, 2.05) is 19.1 Å². The number of amides is 1. The Morgan fingerprint density at radius 2 is 1.73 bits per heavy atom. The molecule has 26 heavy (non-hydrogen) atoms. The van der Waals surface area contributed by atoms with E-state index in [1.54, 1.807) is 12.1 Å². The highest BCUT2D eigenvalue weighted by Gasteiger charge is 2.20. The molecule has 1 heterocycles. The average Bonchev–Trinajstić information content (AvgIpc) is 2.65. The molecular weight excluding hydrogens is 369 g/mol. The smallest absolute Gasteiger partial charge is 0.234 e. The summed E-state index contributed by atoms with van der Waals surface area (Å²) in [7, 11) is 0. The van der Waals surface area contributed by atoms with Crippen LogP contribution in [0.4, 0.5) is 5.69 Å². The van der Waals surface area contributed by atoms with Crippen LogP contribution in [0.3, 0.4) is 0 Å². The number of anilines is 1. The van der Waals surface area contributed by atoms with Gasteiger partial charge in [0.05, 0.1) is 22.6 Å². The van der Waals surface area contributed by atoms with Gasteiger partial charge in [0.2, 0.25) is 5.91 Å². The topological polar surface area (TPSA) is 35.6 Å². The number of carbonyl (C=O) groups is 1. The highest BCUT2D eigenvalue weighted by atomic mass is 35.5. The van der Waals surface area contributed by atoms with Crippen molar-refractivity contribution in [3.63, 3.8) is 0 Å². The van der Waals surface area contributed by atoms with Gasteiger partial charge in [-0.25, -0.2) is 0 Å². The van der Waals surface area contributed by atoms with Gasteiger partial charge in [0.15, 0.2) is 0 Å². The second-order valence-electron chi connectivity index (χ2n) is 6.56. The number of hydrogen-bond donors (Lipinski definition) is 1. The molecule has 1 aliphatic rings. The van der Waals surface area contributed by atoms with Gasteiger partial charge in [0, 0.05) is 31.9 Å². The van der Waals surface area contributed by atoms with E-state index in [-0.39, 0.29) is 11.9 Å². The number of nitrogens with zero attached hydrogens (tertiary/aromatic N) is 2. The van der Waals surface area contributed by atoms with E-state index < -0.39 is 0 Å². The normalized spacial score (nSPS) is 16.3. The van der Waals surface area contributed by atoms with E-state index in [0.29, 0.717) is 16.6 Å². The highest BCUT2D eigenvalue weighted by Crippen LogP contribution is 2.25. The van der Waals surface area contributed by atoms with Crippen LogP contribution in [0.2, 0.25) is 10.0 Å². The van der Waals surface area contributed by atoms with Gasteiger partial charge in [-0.15, -0.1) is 0 Å². The van der Waals surface area contributed by atoms with Crippen LogP contribution < -0.4 is 10.2 Å². The average molecular weight is 392 g/mol. The second-order valence-corrected chi connectivity index (χ2v) is 7.38. The Hall–Kier alpha value is -1.75. The van der Waals surface area contributed by atoms with E-state index >= 15 is 0 Å². The van der Waals surface area contributed by atoms with Crippen molar-refractivity contribution in [3.8, 4) is 0 Å². The third-order valence-electron chi connectivity index (χ3n) is 4.68. The molecule has 3 rings (SSSR count). The third kappa shape index (κ3) is 4.91. The molecule has 0 saturated carbocycles. The molecule has 1 atom stereocenters. The van der Waals surface area contributed by atoms with Crippen molar-refractivity contribution in [2.24, 2.45) is 0 Å². The zero-order valence-corrected chi connectivity index (χ0v) is 16.3. The zero-order valence-electron chi connectivity index (χ0n) is 14.8. The van der Waals surface area contributed by atoms with Gasteiger partial charge in [-0.2, -0.15) is 0 Å². The minimum absolute atomic E-state index is 0.0248. The monoisotopic (exact) mass is 391 g/mol. The van der Waals surface area contributed by atoms with Crippen molar-refractivity contribution in [3.05, 3.63) is 64.1 Å². The summed E-state index contributed by atoms with van der Waals surface area (Å²) < 4.78 is 0. The molecule has 0 bridgehead atoms. The fraction of sp³-hybridized carbons (Fsp3) is 0.350. The maximum absolute atomic E-state index is 12.4. The van der Waals surface area contributed by atoms with Gasteiger partial charge in [0.1, 0.15) is 0 Å². The Labute approximate surface area is 164 Å². The van der Waals surface area contributed by atoms with Gasteiger partial charge in [-0.1, -0.05) is 47.5 Å². The Balaban J connectivity index is 1.47. The number of piperazine rings is 1. The summed E-state index contributed by atoms with van der Waals surface area (Å²) in [4.78, 5) is 16.9. The molecule has 1 N–H and O–H groups in total. The molecule has 0 spiro atoms. The molecule has 1 saturated heterocycles. The number of rotatable bonds is 5. The molecule has 2 aromatic carbocycles. The van der Waals surface area contributed by atoms with Crippen molar-refractivity contribution >= 4 is 34.8 Å². The maximum atomic E-state index is 12.4. The molecule has 1 amide bonds. The summed E-state index contributed by atoms with van der Waals surface area (Å²) in [5.41, 5.74) is 2.19. The lowest BCUT2D eigenvalue weighted by atomic mass is 10.1. The summed E-state index contributed by atoms with van der Waals surface area (Å²) in [6.45, 7) is 5.98. The molecule has 1 fully saturated rings. The summed E-state index contributed by atoms with van der Waals surface area (Å²) >= 11 is 12.0. The molecule has 2 aromatic rings. The van der Waals surface area contributed by atoms with Crippen LogP contribution in [0.1, 0.15) is 18.5 Å². The van der Waals surface area contributed by atoms with E-state index in [4.69, 9.17) is 23.2 Å².